The van der Waals surface area contributed by atoms with E-state index in [1.54, 1.807) is 7.11 Å². The highest BCUT2D eigenvalue weighted by molar-refractivity contribution is 6.99. The standard InChI is InChI=1S/C30H45NO3Si/c1-25(22-31-23-27(33-6)21-26(31)24-32-5)15-13-14-20-34-35(30(2,3)4,28-16-9-7-10-17-28)29-18-11-8-12-19-29/h7-12,15-19,26-27H,13-14,20-24H2,1-6H3/b25-15+/t26-,27+/m0/s1. The van der Waals surface area contributed by atoms with Crippen LogP contribution >= 0.6 is 0 Å². The molecule has 192 valence electrons. The van der Waals surface area contributed by atoms with Gasteiger partial charge in [0.05, 0.1) is 12.7 Å². The minimum Gasteiger partial charge on any atom is -0.407 e. The zero-order chi connectivity index (χ0) is 25.3. The van der Waals surface area contributed by atoms with Crippen LogP contribution in [0.4, 0.5) is 0 Å². The third-order valence-electron chi connectivity index (χ3n) is 7.21. The molecule has 3 rings (SSSR count). The Hall–Kier alpha value is -1.76. The van der Waals surface area contributed by atoms with Gasteiger partial charge < -0.3 is 13.9 Å². The number of likely N-dealkylation sites (tertiary alicyclic amines) is 1. The molecule has 0 amide bonds. The molecule has 0 unspecified atom stereocenters. The number of ether oxygens (including phenoxy) is 2. The predicted octanol–water partition coefficient (Wildman–Crippen LogP) is 5.03. The molecule has 35 heavy (non-hydrogen) atoms. The number of allylic oxidation sites excluding steroid dienone is 1. The second-order valence-electron chi connectivity index (χ2n) is 10.8. The largest absolute Gasteiger partial charge is 0.407 e. The van der Waals surface area contributed by atoms with Crippen molar-refractivity contribution >= 4 is 18.7 Å². The van der Waals surface area contributed by atoms with Crippen LogP contribution in [0.2, 0.25) is 5.04 Å². The SMILES string of the molecule is COC[C@@H]1C[C@@H](OC)CN1C/C(C)=C/CCCO[Si](c1ccccc1)(c1ccccc1)C(C)(C)C. The minimum absolute atomic E-state index is 0.0193. The summed E-state index contributed by atoms with van der Waals surface area (Å²) in [5.74, 6) is 0. The highest BCUT2D eigenvalue weighted by atomic mass is 28.4. The summed E-state index contributed by atoms with van der Waals surface area (Å²) >= 11 is 0. The van der Waals surface area contributed by atoms with E-state index in [-0.39, 0.29) is 5.04 Å². The fraction of sp³-hybridized carbons (Fsp3) is 0.533. The molecule has 1 saturated heterocycles. The molecule has 2 atom stereocenters. The first-order valence-electron chi connectivity index (χ1n) is 13.0. The summed E-state index contributed by atoms with van der Waals surface area (Å²) in [5.41, 5.74) is 1.41. The summed E-state index contributed by atoms with van der Waals surface area (Å²) in [7, 11) is 1.15. The second kappa shape index (κ2) is 13.0. The van der Waals surface area contributed by atoms with Crippen LogP contribution in [0.3, 0.4) is 0 Å². The van der Waals surface area contributed by atoms with Gasteiger partial charge in [-0.2, -0.15) is 0 Å². The van der Waals surface area contributed by atoms with Crippen molar-refractivity contribution < 1.29 is 13.9 Å². The molecular weight excluding hydrogens is 450 g/mol. The van der Waals surface area contributed by atoms with Crippen LogP contribution in [0, 0.1) is 0 Å². The number of hydrogen-bond acceptors (Lipinski definition) is 4. The molecule has 0 spiro atoms. The first-order valence-corrected chi connectivity index (χ1v) is 14.9. The van der Waals surface area contributed by atoms with E-state index in [4.69, 9.17) is 13.9 Å². The highest BCUT2D eigenvalue weighted by Gasteiger charge is 2.49. The van der Waals surface area contributed by atoms with Gasteiger partial charge in [0.2, 0.25) is 0 Å². The average Bonchev–Trinajstić information content (AvgIpc) is 3.23. The Morgan fingerprint density at radius 2 is 1.60 bits per heavy atom. The number of rotatable bonds is 12. The fourth-order valence-electron chi connectivity index (χ4n) is 5.47. The molecule has 0 saturated carbocycles. The first-order chi connectivity index (χ1) is 16.8. The smallest absolute Gasteiger partial charge is 0.261 e. The number of nitrogens with zero attached hydrogens (tertiary/aromatic N) is 1. The molecule has 1 heterocycles. The van der Waals surface area contributed by atoms with Crippen LogP contribution in [0.1, 0.15) is 47.0 Å². The molecule has 5 heteroatoms. The summed E-state index contributed by atoms with van der Waals surface area (Å²) in [6.45, 7) is 12.7. The molecule has 1 aliphatic heterocycles. The number of benzene rings is 2. The zero-order valence-electron chi connectivity index (χ0n) is 22.6. The van der Waals surface area contributed by atoms with Crippen molar-refractivity contribution in [2.75, 3.05) is 40.5 Å². The summed E-state index contributed by atoms with van der Waals surface area (Å²) in [5, 5.41) is 2.71. The van der Waals surface area contributed by atoms with Gasteiger partial charge in [0, 0.05) is 40.0 Å². The van der Waals surface area contributed by atoms with Crippen LogP contribution in [0.15, 0.2) is 72.3 Å². The number of methoxy groups -OCH3 is 2. The van der Waals surface area contributed by atoms with Gasteiger partial charge in [-0.05, 0) is 41.6 Å². The molecule has 2 aromatic carbocycles. The van der Waals surface area contributed by atoms with Crippen molar-refractivity contribution in [1.29, 1.82) is 0 Å². The molecular formula is C30H45NO3Si. The van der Waals surface area contributed by atoms with Gasteiger partial charge in [0.1, 0.15) is 0 Å². The summed E-state index contributed by atoms with van der Waals surface area (Å²) in [6.07, 6.45) is 5.79. The highest BCUT2D eigenvalue weighted by Crippen LogP contribution is 2.36. The Morgan fingerprint density at radius 3 is 2.11 bits per heavy atom. The van der Waals surface area contributed by atoms with Crippen molar-refractivity contribution in [3.8, 4) is 0 Å². The van der Waals surface area contributed by atoms with Crippen molar-refractivity contribution in [2.45, 2.75) is 64.1 Å². The lowest BCUT2D eigenvalue weighted by Gasteiger charge is -2.43. The van der Waals surface area contributed by atoms with E-state index in [1.165, 1.54) is 15.9 Å². The third-order valence-corrected chi connectivity index (χ3v) is 12.3. The fourth-order valence-corrected chi connectivity index (χ4v) is 10.1. The Balaban J connectivity index is 1.65. The van der Waals surface area contributed by atoms with Crippen molar-refractivity contribution in [2.24, 2.45) is 0 Å². The van der Waals surface area contributed by atoms with E-state index in [9.17, 15) is 0 Å². The minimum atomic E-state index is -2.44. The van der Waals surface area contributed by atoms with E-state index in [0.717, 1.165) is 45.6 Å². The van der Waals surface area contributed by atoms with Crippen molar-refractivity contribution in [1.82, 2.24) is 4.90 Å². The van der Waals surface area contributed by atoms with Crippen LogP contribution in [-0.4, -0.2) is 65.9 Å². The lowest BCUT2D eigenvalue weighted by atomic mass is 10.2. The van der Waals surface area contributed by atoms with Gasteiger partial charge >= 0.3 is 0 Å². The molecule has 4 nitrogen and oxygen atoms in total. The van der Waals surface area contributed by atoms with Gasteiger partial charge in [0.15, 0.2) is 0 Å². The van der Waals surface area contributed by atoms with Gasteiger partial charge in [-0.3, -0.25) is 4.90 Å². The average molecular weight is 496 g/mol. The second-order valence-corrected chi connectivity index (χ2v) is 15.1. The third kappa shape index (κ3) is 6.93. The quantitative estimate of drug-likeness (QED) is 0.235. The van der Waals surface area contributed by atoms with E-state index < -0.39 is 8.32 Å². The maximum absolute atomic E-state index is 7.03. The normalized spacial score (nSPS) is 19.9. The van der Waals surface area contributed by atoms with Crippen LogP contribution < -0.4 is 10.4 Å². The van der Waals surface area contributed by atoms with E-state index in [0.29, 0.717) is 12.1 Å². The zero-order valence-corrected chi connectivity index (χ0v) is 23.6. The molecule has 2 aromatic rings. The van der Waals surface area contributed by atoms with Gasteiger partial charge in [-0.15, -0.1) is 0 Å². The van der Waals surface area contributed by atoms with E-state index in [2.05, 4.69) is 99.3 Å². The van der Waals surface area contributed by atoms with Gasteiger partial charge in [-0.1, -0.05) is 93.1 Å². The van der Waals surface area contributed by atoms with Crippen LogP contribution in [0.5, 0.6) is 0 Å². The van der Waals surface area contributed by atoms with Crippen LogP contribution in [-0.2, 0) is 13.9 Å². The maximum atomic E-state index is 7.03. The molecule has 0 N–H and O–H groups in total. The van der Waals surface area contributed by atoms with Gasteiger partial charge in [0.25, 0.3) is 8.32 Å². The maximum Gasteiger partial charge on any atom is 0.261 e. The monoisotopic (exact) mass is 495 g/mol. The molecule has 0 radical (unpaired) electrons. The Morgan fingerprint density at radius 1 is 1.00 bits per heavy atom. The molecule has 1 aliphatic rings. The topological polar surface area (TPSA) is 30.9 Å². The predicted molar refractivity (Wildman–Crippen MR) is 149 cm³/mol. The Bertz CT molecular complexity index is 871. The number of hydrogen-bond donors (Lipinski definition) is 0. The molecule has 0 aliphatic carbocycles. The van der Waals surface area contributed by atoms with E-state index >= 15 is 0 Å². The Kier molecular flexibility index (Phi) is 10.3. The first kappa shape index (κ1) is 27.8. The molecule has 1 fully saturated rings. The van der Waals surface area contributed by atoms with Crippen molar-refractivity contribution in [3.63, 3.8) is 0 Å². The molecule has 0 bridgehead atoms. The Labute approximate surface area is 214 Å². The lowest BCUT2D eigenvalue weighted by Crippen LogP contribution is -2.66. The van der Waals surface area contributed by atoms with Crippen molar-refractivity contribution in [3.05, 3.63) is 72.3 Å². The lowest BCUT2D eigenvalue weighted by molar-refractivity contribution is 0.109. The summed E-state index contributed by atoms with van der Waals surface area (Å²) in [6, 6.07) is 22.2. The summed E-state index contributed by atoms with van der Waals surface area (Å²) < 4.78 is 18.1. The van der Waals surface area contributed by atoms with E-state index in [1.807, 2.05) is 7.11 Å². The molecule has 0 aromatic heterocycles. The number of unbranched alkanes of at least 4 members (excludes halogenated alkanes) is 1. The van der Waals surface area contributed by atoms with Gasteiger partial charge in [-0.25, -0.2) is 0 Å². The van der Waals surface area contributed by atoms with Crippen LogP contribution in [0.25, 0.3) is 0 Å². The summed E-state index contributed by atoms with van der Waals surface area (Å²) in [4.78, 5) is 2.50.